The lowest BCUT2D eigenvalue weighted by atomic mass is 10.2. The van der Waals surface area contributed by atoms with Crippen LogP contribution in [0.3, 0.4) is 0 Å². The van der Waals surface area contributed by atoms with Gasteiger partial charge < -0.3 is 24.8 Å². The van der Waals surface area contributed by atoms with Crippen molar-refractivity contribution in [1.82, 2.24) is 4.98 Å². The molecular weight excluding hydrogens is 338 g/mol. The Morgan fingerprint density at radius 1 is 1.23 bits per heavy atom. The number of amides is 1. The summed E-state index contributed by atoms with van der Waals surface area (Å²) in [4.78, 5) is 29.4. The van der Waals surface area contributed by atoms with E-state index in [4.69, 9.17) is 14.6 Å². The van der Waals surface area contributed by atoms with Crippen LogP contribution in [-0.2, 0) is 4.79 Å². The van der Waals surface area contributed by atoms with Crippen LogP contribution in [0, 0.1) is 0 Å². The van der Waals surface area contributed by atoms with Gasteiger partial charge in [-0.1, -0.05) is 6.07 Å². The second-order valence-electron chi connectivity index (χ2n) is 5.76. The van der Waals surface area contributed by atoms with Gasteiger partial charge >= 0.3 is 5.97 Å². The van der Waals surface area contributed by atoms with Crippen molar-refractivity contribution in [3.63, 3.8) is 0 Å². The maximum Gasteiger partial charge on any atom is 0.354 e. The van der Waals surface area contributed by atoms with Gasteiger partial charge in [0.25, 0.3) is 0 Å². The third-order valence-corrected chi connectivity index (χ3v) is 4.14. The number of benzene rings is 1. The van der Waals surface area contributed by atoms with Crippen molar-refractivity contribution in [3.05, 3.63) is 42.1 Å². The van der Waals surface area contributed by atoms with E-state index >= 15 is 0 Å². The number of aromatic carboxylic acids is 1. The Labute approximate surface area is 150 Å². The minimum atomic E-state index is -1.11. The molecule has 1 aromatic carbocycles. The fourth-order valence-corrected chi connectivity index (χ4v) is 2.83. The summed E-state index contributed by atoms with van der Waals surface area (Å²) in [6.45, 7) is 0.519. The number of carboxylic acids is 1. The van der Waals surface area contributed by atoms with Gasteiger partial charge in [-0.2, -0.15) is 0 Å². The van der Waals surface area contributed by atoms with Crippen LogP contribution in [0.25, 0.3) is 0 Å². The summed E-state index contributed by atoms with van der Waals surface area (Å²) < 4.78 is 10.5. The summed E-state index contributed by atoms with van der Waals surface area (Å²) in [5.41, 5.74) is 0.609. The van der Waals surface area contributed by atoms with Crippen LogP contribution in [-0.4, -0.2) is 48.8 Å². The highest BCUT2D eigenvalue weighted by molar-refractivity contribution is 6.01. The lowest BCUT2D eigenvalue weighted by molar-refractivity contribution is -0.117. The lowest BCUT2D eigenvalue weighted by Crippen LogP contribution is -2.33. The highest BCUT2D eigenvalue weighted by atomic mass is 16.5. The molecule has 0 bridgehead atoms. The number of pyridine rings is 1. The summed E-state index contributed by atoms with van der Waals surface area (Å²) in [6, 6.07) is 9.42. The van der Waals surface area contributed by atoms with Gasteiger partial charge in [0.05, 0.1) is 19.9 Å². The molecule has 1 fully saturated rings. The van der Waals surface area contributed by atoms with E-state index in [-0.39, 0.29) is 11.6 Å². The van der Waals surface area contributed by atoms with E-state index in [1.54, 1.807) is 49.5 Å². The van der Waals surface area contributed by atoms with Crippen LogP contribution in [0.1, 0.15) is 16.9 Å². The van der Waals surface area contributed by atoms with Gasteiger partial charge in [0, 0.05) is 24.7 Å². The molecule has 0 spiro atoms. The molecule has 2 heterocycles. The van der Waals surface area contributed by atoms with E-state index in [1.807, 2.05) is 0 Å². The fourth-order valence-electron chi connectivity index (χ4n) is 2.83. The van der Waals surface area contributed by atoms with E-state index in [0.717, 1.165) is 0 Å². The molecule has 1 saturated heterocycles. The SMILES string of the molecule is COc1cc(OC)cc(N2CCC(Nc3cccc(C(=O)O)n3)C2=O)c1. The first-order valence-corrected chi connectivity index (χ1v) is 8.03. The normalized spacial score (nSPS) is 16.5. The fraction of sp³-hybridized carbons (Fsp3) is 0.278. The molecule has 1 aliphatic rings. The Kier molecular flexibility index (Phi) is 4.92. The van der Waals surface area contributed by atoms with Gasteiger partial charge in [-0.05, 0) is 18.6 Å². The summed E-state index contributed by atoms with van der Waals surface area (Å²) in [5, 5.41) is 12.0. The first-order chi connectivity index (χ1) is 12.5. The zero-order chi connectivity index (χ0) is 18.7. The average Bonchev–Trinajstić information content (AvgIpc) is 3.02. The topological polar surface area (TPSA) is 101 Å². The molecule has 136 valence electrons. The number of aromatic nitrogens is 1. The van der Waals surface area contributed by atoms with Gasteiger partial charge in [0.2, 0.25) is 5.91 Å². The van der Waals surface area contributed by atoms with Crippen molar-refractivity contribution in [3.8, 4) is 11.5 Å². The number of carbonyl (C=O) groups is 2. The zero-order valence-corrected chi connectivity index (χ0v) is 14.4. The molecule has 0 radical (unpaired) electrons. The Hall–Kier alpha value is -3.29. The molecule has 8 nitrogen and oxygen atoms in total. The third-order valence-electron chi connectivity index (χ3n) is 4.14. The third kappa shape index (κ3) is 3.53. The average molecular weight is 357 g/mol. The molecule has 2 aromatic rings. The highest BCUT2D eigenvalue weighted by Gasteiger charge is 2.33. The molecule has 26 heavy (non-hydrogen) atoms. The molecule has 3 rings (SSSR count). The molecule has 2 N–H and O–H groups in total. The number of carboxylic acid groups (broad SMARTS) is 1. The van der Waals surface area contributed by atoms with Crippen LogP contribution in [0.15, 0.2) is 36.4 Å². The largest absolute Gasteiger partial charge is 0.497 e. The van der Waals surface area contributed by atoms with Crippen molar-refractivity contribution in [2.24, 2.45) is 0 Å². The van der Waals surface area contributed by atoms with E-state index in [2.05, 4.69) is 10.3 Å². The number of hydrogen-bond donors (Lipinski definition) is 2. The number of methoxy groups -OCH3 is 2. The van der Waals surface area contributed by atoms with Crippen LogP contribution < -0.4 is 19.7 Å². The van der Waals surface area contributed by atoms with Crippen LogP contribution >= 0.6 is 0 Å². The van der Waals surface area contributed by atoms with Gasteiger partial charge in [-0.15, -0.1) is 0 Å². The summed E-state index contributed by atoms with van der Waals surface area (Å²) in [5.74, 6) is 0.312. The maximum absolute atomic E-state index is 12.8. The minimum Gasteiger partial charge on any atom is -0.497 e. The van der Waals surface area contributed by atoms with Crippen molar-refractivity contribution in [2.45, 2.75) is 12.5 Å². The Balaban J connectivity index is 1.78. The minimum absolute atomic E-state index is 0.0742. The Bertz CT molecular complexity index is 817. The van der Waals surface area contributed by atoms with Crippen LogP contribution in [0.4, 0.5) is 11.5 Å². The number of carbonyl (C=O) groups excluding carboxylic acids is 1. The molecular formula is C18H19N3O5. The molecule has 8 heteroatoms. The highest BCUT2D eigenvalue weighted by Crippen LogP contribution is 2.31. The van der Waals surface area contributed by atoms with Crippen LogP contribution in [0.5, 0.6) is 11.5 Å². The molecule has 1 aromatic heterocycles. The number of nitrogens with one attached hydrogen (secondary N) is 1. The van der Waals surface area contributed by atoms with Crippen molar-refractivity contribution in [2.75, 3.05) is 31.0 Å². The number of rotatable bonds is 6. The maximum atomic E-state index is 12.8. The van der Waals surface area contributed by atoms with E-state index < -0.39 is 12.0 Å². The molecule has 1 aliphatic heterocycles. The first kappa shape index (κ1) is 17.5. The number of ether oxygens (including phenoxy) is 2. The van der Waals surface area contributed by atoms with Gasteiger partial charge in [-0.25, -0.2) is 9.78 Å². The first-order valence-electron chi connectivity index (χ1n) is 8.03. The molecule has 0 aliphatic carbocycles. The molecule has 1 amide bonds. The summed E-state index contributed by atoms with van der Waals surface area (Å²) >= 11 is 0. The quantitative estimate of drug-likeness (QED) is 0.815. The number of hydrogen-bond acceptors (Lipinski definition) is 6. The summed E-state index contributed by atoms with van der Waals surface area (Å²) in [7, 11) is 3.10. The second kappa shape index (κ2) is 7.30. The van der Waals surface area contributed by atoms with Crippen molar-refractivity contribution in [1.29, 1.82) is 0 Å². The predicted molar refractivity (Wildman–Crippen MR) is 95.1 cm³/mol. The Morgan fingerprint density at radius 3 is 2.54 bits per heavy atom. The van der Waals surface area contributed by atoms with Crippen LogP contribution in [0.2, 0.25) is 0 Å². The monoisotopic (exact) mass is 357 g/mol. The number of nitrogens with zero attached hydrogens (tertiary/aromatic N) is 2. The van der Waals surface area contributed by atoms with E-state index in [1.165, 1.54) is 6.07 Å². The standard InChI is InChI=1S/C18H19N3O5/c1-25-12-8-11(9-13(10-12)26-2)21-7-6-14(17(21)22)19-16-5-3-4-15(20-16)18(23)24/h3-5,8-10,14H,6-7H2,1-2H3,(H,19,20)(H,23,24). The van der Waals surface area contributed by atoms with Gasteiger partial charge in [-0.3, -0.25) is 4.79 Å². The van der Waals surface area contributed by atoms with E-state index in [9.17, 15) is 9.59 Å². The van der Waals surface area contributed by atoms with E-state index in [0.29, 0.717) is 36.0 Å². The summed E-state index contributed by atoms with van der Waals surface area (Å²) in [6.07, 6.45) is 0.567. The molecule has 1 atom stereocenters. The second-order valence-corrected chi connectivity index (χ2v) is 5.76. The van der Waals surface area contributed by atoms with Crippen molar-refractivity contribution < 1.29 is 24.2 Å². The predicted octanol–water partition coefficient (Wildman–Crippen LogP) is 2.01. The lowest BCUT2D eigenvalue weighted by Gasteiger charge is -2.19. The Morgan fingerprint density at radius 2 is 1.92 bits per heavy atom. The smallest absolute Gasteiger partial charge is 0.354 e. The van der Waals surface area contributed by atoms with Gasteiger partial charge in [0.15, 0.2) is 5.69 Å². The van der Waals surface area contributed by atoms with Gasteiger partial charge in [0.1, 0.15) is 23.4 Å². The van der Waals surface area contributed by atoms with Crippen molar-refractivity contribution >= 4 is 23.4 Å². The zero-order valence-electron chi connectivity index (χ0n) is 14.4. The molecule has 1 unspecified atom stereocenters. The number of anilines is 2. The molecule has 0 saturated carbocycles.